The van der Waals surface area contributed by atoms with Crippen molar-refractivity contribution in [2.75, 3.05) is 19.6 Å². The minimum Gasteiger partial charge on any atom is -0.348 e. The lowest BCUT2D eigenvalue weighted by molar-refractivity contribution is -0.137. The van der Waals surface area contributed by atoms with Crippen molar-refractivity contribution >= 4 is 29.4 Å². The van der Waals surface area contributed by atoms with Crippen LogP contribution in [0, 0.1) is 0 Å². The van der Waals surface area contributed by atoms with Gasteiger partial charge in [0.15, 0.2) is 0 Å². The van der Waals surface area contributed by atoms with Gasteiger partial charge in [0.1, 0.15) is 5.78 Å². The average Bonchev–Trinajstić information content (AvgIpc) is 2.81. The number of ketones is 1. The molecule has 0 aliphatic carbocycles. The Morgan fingerprint density at radius 3 is 1.95 bits per heavy atom. The van der Waals surface area contributed by atoms with Gasteiger partial charge in [0.2, 0.25) is 11.8 Å². The van der Waals surface area contributed by atoms with E-state index in [0.717, 1.165) is 17.1 Å². The number of imide groups is 1. The molecule has 0 saturated carbocycles. The molecule has 0 aromatic carbocycles. The summed E-state index contributed by atoms with van der Waals surface area (Å²) in [5, 5.41) is 4.64. The first-order valence-electron chi connectivity index (χ1n) is 6.96. The maximum Gasteiger partial charge on any atom is 0.253 e. The van der Waals surface area contributed by atoms with Crippen LogP contribution in [0.1, 0.15) is 27.2 Å². The molecule has 0 spiro atoms. The number of carbonyl (C=O) groups excluding carboxylic acids is 5. The molecular formula is C14H21N3O5. The van der Waals surface area contributed by atoms with Gasteiger partial charge in [-0.05, 0) is 6.92 Å². The molecule has 1 rings (SSSR count). The molecule has 1 aliphatic rings. The third kappa shape index (κ3) is 7.32. The van der Waals surface area contributed by atoms with E-state index in [2.05, 4.69) is 10.6 Å². The smallest absolute Gasteiger partial charge is 0.253 e. The van der Waals surface area contributed by atoms with E-state index < -0.39 is 23.6 Å². The van der Waals surface area contributed by atoms with Crippen LogP contribution in [0.5, 0.6) is 0 Å². The largest absolute Gasteiger partial charge is 0.348 e. The first kappa shape index (κ1) is 19.5. The number of carbonyl (C=O) groups is 5. The summed E-state index contributed by atoms with van der Waals surface area (Å²) in [6.45, 7) is 4.95. The number of hydrogen-bond donors (Lipinski definition) is 2. The van der Waals surface area contributed by atoms with E-state index in [1.807, 2.05) is 13.8 Å². The van der Waals surface area contributed by atoms with Crippen LogP contribution >= 0.6 is 0 Å². The second-order valence-electron chi connectivity index (χ2n) is 4.17. The molecule has 0 fully saturated rings. The zero-order valence-electron chi connectivity index (χ0n) is 13.0. The fourth-order valence-corrected chi connectivity index (χ4v) is 1.42. The van der Waals surface area contributed by atoms with Crippen LogP contribution in [0.2, 0.25) is 0 Å². The summed E-state index contributed by atoms with van der Waals surface area (Å²) in [6.07, 6.45) is 2.18. The summed E-state index contributed by atoms with van der Waals surface area (Å²) < 4.78 is 0. The second kappa shape index (κ2) is 10.3. The third-order valence-corrected chi connectivity index (χ3v) is 2.44. The zero-order chi connectivity index (χ0) is 17.1. The van der Waals surface area contributed by atoms with Gasteiger partial charge in [-0.15, -0.1) is 0 Å². The van der Waals surface area contributed by atoms with Crippen LogP contribution < -0.4 is 10.6 Å². The molecule has 0 radical (unpaired) electrons. The fraction of sp³-hybridized carbons (Fsp3) is 0.500. The van der Waals surface area contributed by atoms with Gasteiger partial charge in [0.05, 0.1) is 13.1 Å². The average molecular weight is 311 g/mol. The Bertz CT molecular complexity index is 467. The molecule has 8 heteroatoms. The highest BCUT2D eigenvalue weighted by atomic mass is 16.2. The van der Waals surface area contributed by atoms with Gasteiger partial charge in [0, 0.05) is 25.1 Å². The first-order chi connectivity index (χ1) is 10.4. The Kier molecular flexibility index (Phi) is 9.08. The molecule has 0 atom stereocenters. The normalized spacial score (nSPS) is 12.6. The molecule has 0 bridgehead atoms. The molecule has 1 aliphatic heterocycles. The van der Waals surface area contributed by atoms with Crippen molar-refractivity contribution in [3.8, 4) is 0 Å². The monoisotopic (exact) mass is 311 g/mol. The van der Waals surface area contributed by atoms with Crippen LogP contribution in [-0.2, 0) is 24.0 Å². The van der Waals surface area contributed by atoms with E-state index in [1.54, 1.807) is 0 Å². The van der Waals surface area contributed by atoms with Crippen molar-refractivity contribution < 1.29 is 24.0 Å². The molecular weight excluding hydrogens is 290 g/mol. The Hall–Kier alpha value is -2.51. The Labute approximate surface area is 128 Å². The van der Waals surface area contributed by atoms with E-state index >= 15 is 0 Å². The lowest BCUT2D eigenvalue weighted by Gasteiger charge is -2.13. The molecule has 0 aromatic rings. The van der Waals surface area contributed by atoms with Crippen molar-refractivity contribution in [1.82, 2.24) is 15.5 Å². The molecule has 2 N–H and O–H groups in total. The van der Waals surface area contributed by atoms with E-state index in [4.69, 9.17) is 0 Å². The van der Waals surface area contributed by atoms with Crippen LogP contribution in [-0.4, -0.2) is 53.9 Å². The predicted octanol–water partition coefficient (Wildman–Crippen LogP) is -0.851. The summed E-state index contributed by atoms with van der Waals surface area (Å²) in [4.78, 5) is 56.6. The van der Waals surface area contributed by atoms with Crippen molar-refractivity contribution in [2.45, 2.75) is 27.2 Å². The summed E-state index contributed by atoms with van der Waals surface area (Å²) in [7, 11) is 0. The van der Waals surface area contributed by atoms with Crippen molar-refractivity contribution in [1.29, 1.82) is 0 Å². The second-order valence-corrected chi connectivity index (χ2v) is 4.17. The summed E-state index contributed by atoms with van der Waals surface area (Å²) in [6, 6.07) is 0. The molecule has 22 heavy (non-hydrogen) atoms. The molecule has 1 heterocycles. The minimum atomic E-state index is -0.483. The van der Waals surface area contributed by atoms with Gasteiger partial charge < -0.3 is 10.6 Å². The van der Waals surface area contributed by atoms with Gasteiger partial charge in [-0.3, -0.25) is 28.9 Å². The van der Waals surface area contributed by atoms with E-state index in [1.165, 1.54) is 6.92 Å². The predicted molar refractivity (Wildman–Crippen MR) is 78.5 cm³/mol. The topological polar surface area (TPSA) is 113 Å². The third-order valence-electron chi connectivity index (χ3n) is 2.44. The number of amides is 4. The van der Waals surface area contributed by atoms with Crippen LogP contribution in [0.3, 0.4) is 0 Å². The standard InChI is InChI=1S/C12H15N3O5.C2H6/c1-8(16)6-13-10(18)7-14-9(17)4-5-15-11(19)2-3-12(15)20;1-2/h2-3H,4-7H2,1H3,(H,13,18)(H,14,17);1-2H3. The first-order valence-corrected chi connectivity index (χ1v) is 6.96. The van der Waals surface area contributed by atoms with E-state index in [9.17, 15) is 24.0 Å². The maximum atomic E-state index is 11.4. The van der Waals surface area contributed by atoms with Gasteiger partial charge in [-0.25, -0.2) is 0 Å². The highest BCUT2D eigenvalue weighted by Crippen LogP contribution is 2.03. The number of Topliss-reactive ketones (excluding diaryl/α,β-unsaturated/α-hetero) is 1. The van der Waals surface area contributed by atoms with Gasteiger partial charge in [-0.2, -0.15) is 0 Å². The fourth-order valence-electron chi connectivity index (χ4n) is 1.42. The Morgan fingerprint density at radius 1 is 0.955 bits per heavy atom. The lowest BCUT2D eigenvalue weighted by atomic mass is 10.3. The van der Waals surface area contributed by atoms with Crippen molar-refractivity contribution in [3.05, 3.63) is 12.2 Å². The van der Waals surface area contributed by atoms with E-state index in [-0.39, 0.29) is 31.8 Å². The minimum absolute atomic E-state index is 0.0361. The highest BCUT2D eigenvalue weighted by molar-refractivity contribution is 6.13. The van der Waals surface area contributed by atoms with Crippen molar-refractivity contribution in [2.24, 2.45) is 0 Å². The SMILES string of the molecule is CC.CC(=O)CNC(=O)CNC(=O)CCN1C(=O)C=CC1=O. The quantitative estimate of drug-likeness (QED) is 0.595. The van der Waals surface area contributed by atoms with Gasteiger partial charge in [0.25, 0.3) is 11.8 Å². The number of nitrogens with zero attached hydrogens (tertiary/aromatic N) is 1. The number of nitrogens with one attached hydrogen (secondary N) is 2. The molecule has 122 valence electrons. The zero-order valence-corrected chi connectivity index (χ0v) is 13.0. The molecule has 0 saturated heterocycles. The molecule has 8 nitrogen and oxygen atoms in total. The lowest BCUT2D eigenvalue weighted by Crippen LogP contribution is -2.40. The van der Waals surface area contributed by atoms with Gasteiger partial charge in [-0.1, -0.05) is 13.8 Å². The van der Waals surface area contributed by atoms with Gasteiger partial charge >= 0.3 is 0 Å². The summed E-state index contributed by atoms with van der Waals surface area (Å²) >= 11 is 0. The van der Waals surface area contributed by atoms with Crippen molar-refractivity contribution in [3.63, 3.8) is 0 Å². The summed E-state index contributed by atoms with van der Waals surface area (Å²) in [5.74, 6) is -2.05. The highest BCUT2D eigenvalue weighted by Gasteiger charge is 2.23. The van der Waals surface area contributed by atoms with Crippen LogP contribution in [0.25, 0.3) is 0 Å². The Balaban J connectivity index is 0.00000211. The summed E-state index contributed by atoms with van der Waals surface area (Å²) in [5.41, 5.74) is 0. The molecule has 4 amide bonds. The van der Waals surface area contributed by atoms with Crippen LogP contribution in [0.4, 0.5) is 0 Å². The van der Waals surface area contributed by atoms with E-state index in [0.29, 0.717) is 0 Å². The Morgan fingerprint density at radius 2 is 1.45 bits per heavy atom. The molecule has 0 aromatic heterocycles. The maximum absolute atomic E-state index is 11.4. The number of hydrogen-bond acceptors (Lipinski definition) is 5. The number of rotatable bonds is 7. The van der Waals surface area contributed by atoms with Crippen LogP contribution in [0.15, 0.2) is 12.2 Å². The molecule has 0 unspecified atom stereocenters.